The molecule has 1 amide bonds. The highest BCUT2D eigenvalue weighted by Crippen LogP contribution is 2.35. The summed E-state index contributed by atoms with van der Waals surface area (Å²) < 4.78 is 7.15. The second kappa shape index (κ2) is 7.53. The molecule has 0 atom stereocenters. The number of carbonyl (C=O) groups is 2. The van der Waals surface area contributed by atoms with E-state index in [1.807, 2.05) is 45.0 Å². The fourth-order valence-corrected chi connectivity index (χ4v) is 3.27. The molecule has 0 unspecified atom stereocenters. The van der Waals surface area contributed by atoms with E-state index in [0.29, 0.717) is 29.0 Å². The number of nitrogens with zero attached hydrogens (tertiary/aromatic N) is 4. The van der Waals surface area contributed by atoms with Crippen LogP contribution in [0.1, 0.15) is 49.5 Å². The van der Waals surface area contributed by atoms with Crippen molar-refractivity contribution >= 4 is 23.8 Å². The van der Waals surface area contributed by atoms with Crippen LogP contribution in [0.25, 0.3) is 16.9 Å². The predicted octanol–water partition coefficient (Wildman–Crippen LogP) is 3.61. The molecule has 1 aromatic carbocycles. The van der Waals surface area contributed by atoms with Crippen molar-refractivity contribution in [3.05, 3.63) is 47.7 Å². The van der Waals surface area contributed by atoms with E-state index in [2.05, 4.69) is 10.1 Å². The van der Waals surface area contributed by atoms with Gasteiger partial charge in [-0.25, -0.2) is 9.78 Å². The Morgan fingerprint density at radius 1 is 1.33 bits per heavy atom. The highest BCUT2D eigenvalue weighted by molar-refractivity contribution is 5.91. The molecule has 0 radical (unpaired) electrons. The number of rotatable bonds is 5. The van der Waals surface area contributed by atoms with Gasteiger partial charge in [-0.2, -0.15) is 9.61 Å². The lowest BCUT2D eigenvalue weighted by Crippen LogP contribution is -2.39. The third-order valence-corrected chi connectivity index (χ3v) is 4.76. The maximum Gasteiger partial charge on any atom is 0.416 e. The molecular formula is C22H24N4O4. The summed E-state index contributed by atoms with van der Waals surface area (Å²) in [7, 11) is 0. The molecule has 1 aliphatic carbocycles. The van der Waals surface area contributed by atoms with Crippen molar-refractivity contribution in [2.75, 3.05) is 4.90 Å². The third kappa shape index (κ3) is 3.91. The van der Waals surface area contributed by atoms with Gasteiger partial charge >= 0.3 is 6.09 Å². The first-order valence-electron chi connectivity index (χ1n) is 9.87. The summed E-state index contributed by atoms with van der Waals surface area (Å²) in [5.41, 5.74) is 2.13. The van der Waals surface area contributed by atoms with Gasteiger partial charge in [0.25, 0.3) is 0 Å². The number of fused-ring (bicyclic) bond motifs is 1. The van der Waals surface area contributed by atoms with Crippen molar-refractivity contribution in [3.63, 3.8) is 0 Å². The van der Waals surface area contributed by atoms with Crippen LogP contribution in [0.4, 0.5) is 10.6 Å². The highest BCUT2D eigenvalue weighted by Gasteiger charge is 2.38. The summed E-state index contributed by atoms with van der Waals surface area (Å²) in [5, 5.41) is 13.8. The van der Waals surface area contributed by atoms with E-state index in [9.17, 15) is 14.7 Å². The molecule has 0 bridgehead atoms. The second-order valence-electron chi connectivity index (χ2n) is 8.39. The molecule has 2 aromatic heterocycles. The smallest absolute Gasteiger partial charge is 0.416 e. The molecular weight excluding hydrogens is 384 g/mol. The van der Waals surface area contributed by atoms with Gasteiger partial charge in [0.05, 0.1) is 24.1 Å². The zero-order chi connectivity index (χ0) is 21.5. The van der Waals surface area contributed by atoms with Crippen molar-refractivity contribution in [1.82, 2.24) is 14.6 Å². The summed E-state index contributed by atoms with van der Waals surface area (Å²) in [5.74, 6) is 0.495. The quantitative estimate of drug-likeness (QED) is 0.648. The van der Waals surface area contributed by atoms with Crippen molar-refractivity contribution in [2.45, 2.75) is 51.9 Å². The Labute approximate surface area is 174 Å². The van der Waals surface area contributed by atoms with E-state index in [1.165, 1.54) is 10.7 Å². The first-order chi connectivity index (χ1) is 14.3. The topological polar surface area (TPSA) is 97.0 Å². The molecule has 156 valence electrons. The number of aldehydes is 1. The first-order valence-corrected chi connectivity index (χ1v) is 9.87. The van der Waals surface area contributed by atoms with Crippen LogP contribution in [0.2, 0.25) is 0 Å². The molecule has 0 saturated heterocycles. The standard InChI is InChI=1S/C22H24N4O4/c1-22(2,3)30-21(29)25(17-7-8-17)19-10-18(15-6-4-5-14(9-15)12-27)24-20-16(13-28)11-23-26(19)20/h4-6,9-11,13,17,27H,7-8,12H2,1-3H3. The number of amides is 1. The molecule has 8 nitrogen and oxygen atoms in total. The van der Waals surface area contributed by atoms with Crippen LogP contribution in [0, 0.1) is 0 Å². The monoisotopic (exact) mass is 408 g/mol. The number of aliphatic hydroxyl groups excluding tert-OH is 1. The van der Waals surface area contributed by atoms with Crippen molar-refractivity contribution in [1.29, 1.82) is 0 Å². The molecule has 1 fully saturated rings. The van der Waals surface area contributed by atoms with Crippen LogP contribution in [-0.2, 0) is 11.3 Å². The average molecular weight is 408 g/mol. The maximum absolute atomic E-state index is 13.0. The highest BCUT2D eigenvalue weighted by atomic mass is 16.6. The van der Waals surface area contributed by atoms with Crippen LogP contribution < -0.4 is 4.90 Å². The van der Waals surface area contributed by atoms with Gasteiger partial charge in [-0.05, 0) is 45.2 Å². The van der Waals surface area contributed by atoms with Crippen LogP contribution >= 0.6 is 0 Å². The summed E-state index contributed by atoms with van der Waals surface area (Å²) in [6.07, 6.45) is 3.39. The molecule has 1 aliphatic rings. The fraction of sp³-hybridized carbons (Fsp3) is 0.364. The third-order valence-electron chi connectivity index (χ3n) is 4.76. The maximum atomic E-state index is 13.0. The van der Waals surface area contributed by atoms with Gasteiger partial charge in [-0.3, -0.25) is 9.69 Å². The summed E-state index contributed by atoms with van der Waals surface area (Å²) in [4.78, 5) is 30.8. The molecule has 4 rings (SSSR count). The fourth-order valence-electron chi connectivity index (χ4n) is 3.27. The molecule has 1 N–H and O–H groups in total. The van der Waals surface area contributed by atoms with E-state index in [4.69, 9.17) is 4.74 Å². The number of carbonyl (C=O) groups excluding carboxylic acids is 2. The van der Waals surface area contributed by atoms with Gasteiger partial charge in [-0.15, -0.1) is 0 Å². The van der Waals surface area contributed by atoms with Gasteiger partial charge in [0, 0.05) is 17.7 Å². The molecule has 1 saturated carbocycles. The minimum absolute atomic E-state index is 0.00552. The molecule has 30 heavy (non-hydrogen) atoms. The van der Waals surface area contributed by atoms with Gasteiger partial charge < -0.3 is 9.84 Å². The normalized spacial score (nSPS) is 14.0. The summed E-state index contributed by atoms with van der Waals surface area (Å²) in [6.45, 7) is 5.37. The number of aromatic nitrogens is 3. The number of anilines is 1. The van der Waals surface area contributed by atoms with E-state index in [-0.39, 0.29) is 12.6 Å². The Morgan fingerprint density at radius 2 is 2.10 bits per heavy atom. The van der Waals surface area contributed by atoms with Gasteiger partial charge in [0.2, 0.25) is 0 Å². The summed E-state index contributed by atoms with van der Waals surface area (Å²) in [6, 6.07) is 9.12. The number of ether oxygens (including phenoxy) is 1. The zero-order valence-corrected chi connectivity index (χ0v) is 17.2. The predicted molar refractivity (Wildman–Crippen MR) is 111 cm³/mol. The Bertz CT molecular complexity index is 1110. The lowest BCUT2D eigenvalue weighted by molar-refractivity contribution is 0.0576. The van der Waals surface area contributed by atoms with Crippen LogP contribution in [-0.4, -0.2) is 43.7 Å². The first kappa shape index (κ1) is 20.0. The van der Waals surface area contributed by atoms with Crippen molar-refractivity contribution in [3.8, 4) is 11.3 Å². The average Bonchev–Trinajstić information content (AvgIpc) is 3.44. The van der Waals surface area contributed by atoms with E-state index >= 15 is 0 Å². The Morgan fingerprint density at radius 3 is 2.73 bits per heavy atom. The van der Waals surface area contributed by atoms with E-state index in [0.717, 1.165) is 24.0 Å². The number of aliphatic hydroxyl groups is 1. The Balaban J connectivity index is 1.90. The number of benzene rings is 1. The second-order valence-corrected chi connectivity index (χ2v) is 8.39. The van der Waals surface area contributed by atoms with Gasteiger partial charge in [-0.1, -0.05) is 18.2 Å². The number of hydrogen-bond acceptors (Lipinski definition) is 6. The molecule has 0 aliphatic heterocycles. The molecule has 2 heterocycles. The SMILES string of the molecule is CC(C)(C)OC(=O)N(c1cc(-c2cccc(CO)c2)nc2c(C=O)cnn12)C1CC1. The molecule has 0 spiro atoms. The van der Waals surface area contributed by atoms with Gasteiger partial charge in [0.1, 0.15) is 11.4 Å². The van der Waals surface area contributed by atoms with Crippen LogP contribution in [0.3, 0.4) is 0 Å². The lowest BCUT2D eigenvalue weighted by atomic mass is 10.1. The minimum Gasteiger partial charge on any atom is -0.443 e. The Hall–Kier alpha value is -3.26. The van der Waals surface area contributed by atoms with Crippen LogP contribution in [0.5, 0.6) is 0 Å². The largest absolute Gasteiger partial charge is 0.443 e. The van der Waals surface area contributed by atoms with Crippen molar-refractivity contribution in [2.24, 2.45) is 0 Å². The zero-order valence-electron chi connectivity index (χ0n) is 17.2. The summed E-state index contributed by atoms with van der Waals surface area (Å²) >= 11 is 0. The lowest BCUT2D eigenvalue weighted by Gasteiger charge is -2.27. The molecule has 8 heteroatoms. The van der Waals surface area contributed by atoms with Gasteiger partial charge in [0.15, 0.2) is 11.9 Å². The van der Waals surface area contributed by atoms with E-state index in [1.54, 1.807) is 11.0 Å². The molecule has 3 aromatic rings. The van der Waals surface area contributed by atoms with Crippen LogP contribution in [0.15, 0.2) is 36.5 Å². The van der Waals surface area contributed by atoms with Crippen molar-refractivity contribution < 1.29 is 19.4 Å². The van der Waals surface area contributed by atoms with E-state index < -0.39 is 11.7 Å². The number of hydrogen-bond donors (Lipinski definition) is 1. The minimum atomic E-state index is -0.646. The Kier molecular flexibility index (Phi) is 5.03.